The fourth-order valence-corrected chi connectivity index (χ4v) is 2.76. The van der Waals surface area contributed by atoms with Crippen LogP contribution in [0, 0.1) is 0 Å². The van der Waals surface area contributed by atoms with Gasteiger partial charge in [0.2, 0.25) is 0 Å². The van der Waals surface area contributed by atoms with Crippen molar-refractivity contribution in [3.8, 4) is 0 Å². The molecule has 0 aliphatic carbocycles. The molecule has 0 aromatic carbocycles. The number of carbonyl (C=O) groups is 2. The van der Waals surface area contributed by atoms with Crippen LogP contribution in [0.4, 0.5) is 0 Å². The van der Waals surface area contributed by atoms with Crippen molar-refractivity contribution in [2.75, 3.05) is 13.1 Å². The number of rotatable bonds is 8. The SMILES string of the molecule is NC(=O)c1cccc(C(=O)N(CCc2ccccn2)CCc2ccccn2)n1. The molecule has 0 fully saturated rings. The molecule has 2 N–H and O–H groups in total. The van der Waals surface area contributed by atoms with Gasteiger partial charge >= 0.3 is 0 Å². The van der Waals surface area contributed by atoms with Gasteiger partial charge in [-0.1, -0.05) is 18.2 Å². The summed E-state index contributed by atoms with van der Waals surface area (Å²) in [6.07, 6.45) is 4.69. The molecule has 0 spiro atoms. The minimum atomic E-state index is -0.664. The molecule has 0 bridgehead atoms. The summed E-state index contributed by atoms with van der Waals surface area (Å²) < 4.78 is 0. The molecule has 3 heterocycles. The first kappa shape index (κ1) is 19.2. The Bertz CT molecular complexity index is 888. The fraction of sp³-hybridized carbons (Fsp3) is 0.190. The highest BCUT2D eigenvalue weighted by Gasteiger charge is 2.18. The van der Waals surface area contributed by atoms with Crippen LogP contribution in [0.5, 0.6) is 0 Å². The molecule has 0 radical (unpaired) electrons. The average molecular weight is 375 g/mol. The maximum Gasteiger partial charge on any atom is 0.272 e. The van der Waals surface area contributed by atoms with Gasteiger partial charge in [-0.2, -0.15) is 0 Å². The molecule has 3 aromatic heterocycles. The minimum absolute atomic E-state index is 0.0697. The van der Waals surface area contributed by atoms with Crippen molar-refractivity contribution in [3.63, 3.8) is 0 Å². The highest BCUT2D eigenvalue weighted by molar-refractivity contribution is 5.95. The second kappa shape index (κ2) is 9.36. The summed E-state index contributed by atoms with van der Waals surface area (Å²) in [5.74, 6) is -0.918. The van der Waals surface area contributed by atoms with E-state index in [1.54, 1.807) is 29.4 Å². The van der Waals surface area contributed by atoms with Gasteiger partial charge in [-0.25, -0.2) is 4.98 Å². The predicted molar refractivity (Wildman–Crippen MR) is 105 cm³/mol. The van der Waals surface area contributed by atoms with Crippen LogP contribution < -0.4 is 5.73 Å². The van der Waals surface area contributed by atoms with Crippen molar-refractivity contribution in [1.82, 2.24) is 19.9 Å². The molecule has 2 amide bonds. The second-order valence-electron chi connectivity index (χ2n) is 6.21. The van der Waals surface area contributed by atoms with Crippen LogP contribution in [0.25, 0.3) is 0 Å². The molecule has 3 aromatic rings. The fourth-order valence-electron chi connectivity index (χ4n) is 2.76. The minimum Gasteiger partial charge on any atom is -0.364 e. The zero-order valence-electron chi connectivity index (χ0n) is 15.4. The first-order chi connectivity index (χ1) is 13.6. The molecule has 7 heteroatoms. The van der Waals surface area contributed by atoms with Gasteiger partial charge < -0.3 is 10.6 Å². The van der Waals surface area contributed by atoms with E-state index in [2.05, 4.69) is 15.0 Å². The number of pyridine rings is 3. The molecule has 0 saturated carbocycles. The van der Waals surface area contributed by atoms with Crippen LogP contribution in [0.1, 0.15) is 32.4 Å². The Balaban J connectivity index is 1.76. The maximum atomic E-state index is 13.0. The van der Waals surface area contributed by atoms with E-state index in [1.165, 1.54) is 6.07 Å². The number of nitrogens with zero attached hydrogens (tertiary/aromatic N) is 4. The Morgan fingerprint density at radius 3 is 1.86 bits per heavy atom. The van der Waals surface area contributed by atoms with Crippen molar-refractivity contribution in [2.45, 2.75) is 12.8 Å². The predicted octanol–water partition coefficient (Wildman–Crippen LogP) is 1.90. The number of hydrogen-bond acceptors (Lipinski definition) is 5. The standard InChI is InChI=1S/C21H21N5O2/c22-20(27)18-8-5-9-19(25-18)21(28)26(14-10-16-6-1-3-12-23-16)15-11-17-7-2-4-13-24-17/h1-9,12-13H,10-11,14-15H2,(H2,22,27). The number of hydrogen-bond donors (Lipinski definition) is 1. The normalized spacial score (nSPS) is 10.4. The van der Waals surface area contributed by atoms with Gasteiger partial charge in [0.25, 0.3) is 11.8 Å². The van der Waals surface area contributed by atoms with Gasteiger partial charge in [-0.15, -0.1) is 0 Å². The van der Waals surface area contributed by atoms with Gasteiger partial charge in [0.05, 0.1) is 0 Å². The Labute approximate surface area is 163 Å². The lowest BCUT2D eigenvalue weighted by Crippen LogP contribution is -2.35. The Morgan fingerprint density at radius 2 is 1.36 bits per heavy atom. The molecule has 3 rings (SSSR count). The molecule has 0 aliphatic heterocycles. The Kier molecular flexibility index (Phi) is 6.41. The topological polar surface area (TPSA) is 102 Å². The third kappa shape index (κ3) is 5.20. The van der Waals surface area contributed by atoms with Gasteiger partial charge in [0.1, 0.15) is 11.4 Å². The smallest absolute Gasteiger partial charge is 0.272 e. The third-order valence-electron chi connectivity index (χ3n) is 4.24. The Morgan fingerprint density at radius 1 is 0.786 bits per heavy atom. The quantitative estimate of drug-likeness (QED) is 0.648. The molecular formula is C21H21N5O2. The summed E-state index contributed by atoms with van der Waals surface area (Å²) in [4.78, 5) is 38.9. The van der Waals surface area contributed by atoms with Crippen LogP contribution in [-0.2, 0) is 12.8 Å². The summed E-state index contributed by atoms with van der Waals surface area (Å²) in [5, 5.41) is 0. The van der Waals surface area contributed by atoms with Gasteiger partial charge in [0, 0.05) is 49.7 Å². The van der Waals surface area contributed by atoms with Gasteiger partial charge in [-0.05, 0) is 36.4 Å². The molecule has 0 aliphatic rings. The zero-order valence-corrected chi connectivity index (χ0v) is 15.4. The molecule has 0 atom stereocenters. The zero-order chi connectivity index (χ0) is 19.8. The summed E-state index contributed by atoms with van der Waals surface area (Å²) in [7, 11) is 0. The first-order valence-corrected chi connectivity index (χ1v) is 8.99. The molecule has 7 nitrogen and oxygen atoms in total. The Hall–Kier alpha value is -3.61. The largest absolute Gasteiger partial charge is 0.364 e. The number of primary amides is 1. The van der Waals surface area contributed by atoms with Crippen molar-refractivity contribution in [1.29, 1.82) is 0 Å². The van der Waals surface area contributed by atoms with E-state index in [0.29, 0.717) is 25.9 Å². The average Bonchev–Trinajstić information content (AvgIpc) is 2.75. The van der Waals surface area contributed by atoms with Crippen LogP contribution in [0.2, 0.25) is 0 Å². The maximum absolute atomic E-state index is 13.0. The monoisotopic (exact) mass is 375 g/mol. The highest BCUT2D eigenvalue weighted by Crippen LogP contribution is 2.08. The number of amides is 2. The van der Waals surface area contributed by atoms with Crippen LogP contribution >= 0.6 is 0 Å². The molecular weight excluding hydrogens is 354 g/mol. The molecule has 142 valence electrons. The van der Waals surface area contributed by atoms with E-state index in [1.807, 2.05) is 36.4 Å². The van der Waals surface area contributed by atoms with E-state index in [-0.39, 0.29) is 17.3 Å². The third-order valence-corrected chi connectivity index (χ3v) is 4.24. The van der Waals surface area contributed by atoms with E-state index >= 15 is 0 Å². The lowest BCUT2D eigenvalue weighted by atomic mass is 10.2. The van der Waals surface area contributed by atoms with Crippen molar-refractivity contribution < 1.29 is 9.59 Å². The van der Waals surface area contributed by atoms with E-state index in [0.717, 1.165) is 11.4 Å². The number of nitrogens with two attached hydrogens (primary N) is 1. The molecule has 28 heavy (non-hydrogen) atoms. The van der Waals surface area contributed by atoms with E-state index in [4.69, 9.17) is 5.73 Å². The number of carbonyl (C=O) groups excluding carboxylic acids is 2. The van der Waals surface area contributed by atoms with Crippen LogP contribution in [0.15, 0.2) is 67.0 Å². The molecule has 0 unspecified atom stereocenters. The van der Waals surface area contributed by atoms with Crippen LogP contribution in [-0.4, -0.2) is 44.8 Å². The van der Waals surface area contributed by atoms with Gasteiger partial charge in [0.15, 0.2) is 0 Å². The number of aromatic nitrogens is 3. The van der Waals surface area contributed by atoms with E-state index in [9.17, 15) is 9.59 Å². The van der Waals surface area contributed by atoms with Crippen molar-refractivity contribution in [2.24, 2.45) is 5.73 Å². The van der Waals surface area contributed by atoms with Crippen molar-refractivity contribution in [3.05, 3.63) is 89.8 Å². The highest BCUT2D eigenvalue weighted by atomic mass is 16.2. The summed E-state index contributed by atoms with van der Waals surface area (Å²) >= 11 is 0. The second-order valence-corrected chi connectivity index (χ2v) is 6.21. The van der Waals surface area contributed by atoms with E-state index < -0.39 is 5.91 Å². The lowest BCUT2D eigenvalue weighted by Gasteiger charge is -2.22. The lowest BCUT2D eigenvalue weighted by molar-refractivity contribution is 0.0752. The van der Waals surface area contributed by atoms with Crippen molar-refractivity contribution >= 4 is 11.8 Å². The molecule has 0 saturated heterocycles. The van der Waals surface area contributed by atoms with Gasteiger partial charge in [-0.3, -0.25) is 19.6 Å². The summed E-state index contributed by atoms with van der Waals surface area (Å²) in [6.45, 7) is 0.955. The summed E-state index contributed by atoms with van der Waals surface area (Å²) in [6, 6.07) is 16.1. The summed E-state index contributed by atoms with van der Waals surface area (Å²) in [5.41, 5.74) is 7.35. The van der Waals surface area contributed by atoms with Crippen LogP contribution in [0.3, 0.4) is 0 Å². The first-order valence-electron chi connectivity index (χ1n) is 8.99.